The molecule has 1 aromatic carbocycles. The van der Waals surface area contributed by atoms with E-state index in [0.717, 1.165) is 16.5 Å². The molecule has 0 saturated carbocycles. The molecule has 7 heteroatoms. The van der Waals surface area contributed by atoms with Crippen molar-refractivity contribution in [2.45, 2.75) is 51.7 Å². The summed E-state index contributed by atoms with van der Waals surface area (Å²) >= 11 is 0. The number of rotatable bonds is 7. The van der Waals surface area contributed by atoms with Crippen LogP contribution in [0.1, 0.15) is 39.7 Å². The topological polar surface area (TPSA) is 115 Å². The Hall–Kier alpha value is -2.54. The number of phenolic OH excluding ortho intramolecular Hbond substituents is 1. The predicted octanol–water partition coefficient (Wildman–Crippen LogP) is 2.36. The molecule has 2 aromatic rings. The number of esters is 2. The molecule has 142 valence electrons. The number of carbonyl (C=O) groups excluding carboxylic acids is 2. The highest BCUT2D eigenvalue weighted by atomic mass is 16.6. The van der Waals surface area contributed by atoms with Gasteiger partial charge in [0.15, 0.2) is 6.61 Å². The van der Waals surface area contributed by atoms with Crippen molar-refractivity contribution in [3.63, 3.8) is 0 Å². The van der Waals surface area contributed by atoms with Gasteiger partial charge in [0.25, 0.3) is 0 Å². The zero-order valence-corrected chi connectivity index (χ0v) is 15.5. The van der Waals surface area contributed by atoms with Crippen LogP contribution in [0.5, 0.6) is 5.75 Å². The number of hydrogen-bond acceptors (Lipinski definition) is 6. The second-order valence-corrected chi connectivity index (χ2v) is 6.95. The van der Waals surface area contributed by atoms with E-state index in [-0.39, 0.29) is 11.9 Å². The SMILES string of the molecule is CCC(C)OC(=O)COC(=O)C(N)C(C)(C)c1c[nH]c2ccc(O)cc12. The van der Waals surface area contributed by atoms with Crippen LogP contribution in [0.15, 0.2) is 24.4 Å². The van der Waals surface area contributed by atoms with Crippen molar-refractivity contribution in [1.82, 2.24) is 4.98 Å². The summed E-state index contributed by atoms with van der Waals surface area (Å²) in [5, 5.41) is 10.5. The predicted molar refractivity (Wildman–Crippen MR) is 97.8 cm³/mol. The molecule has 0 saturated heterocycles. The van der Waals surface area contributed by atoms with Crippen molar-refractivity contribution in [2.24, 2.45) is 5.73 Å². The highest BCUT2D eigenvalue weighted by Gasteiger charge is 2.37. The molecule has 4 N–H and O–H groups in total. The molecule has 0 aliphatic heterocycles. The minimum Gasteiger partial charge on any atom is -0.508 e. The quantitative estimate of drug-likeness (QED) is 0.652. The lowest BCUT2D eigenvalue weighted by atomic mass is 9.78. The van der Waals surface area contributed by atoms with Crippen LogP contribution in [0.2, 0.25) is 0 Å². The van der Waals surface area contributed by atoms with Gasteiger partial charge in [0.05, 0.1) is 6.10 Å². The van der Waals surface area contributed by atoms with Crippen LogP contribution in [-0.4, -0.2) is 40.8 Å². The minimum atomic E-state index is -1.000. The molecular weight excluding hydrogens is 336 g/mol. The van der Waals surface area contributed by atoms with Crippen molar-refractivity contribution in [2.75, 3.05) is 6.61 Å². The van der Waals surface area contributed by atoms with Gasteiger partial charge >= 0.3 is 11.9 Å². The van der Waals surface area contributed by atoms with Gasteiger partial charge in [-0.15, -0.1) is 0 Å². The van der Waals surface area contributed by atoms with Gasteiger partial charge < -0.3 is 25.3 Å². The van der Waals surface area contributed by atoms with Crippen molar-refractivity contribution in [1.29, 1.82) is 0 Å². The maximum absolute atomic E-state index is 12.3. The smallest absolute Gasteiger partial charge is 0.344 e. The highest BCUT2D eigenvalue weighted by molar-refractivity contribution is 5.88. The van der Waals surface area contributed by atoms with Crippen LogP contribution >= 0.6 is 0 Å². The van der Waals surface area contributed by atoms with Gasteiger partial charge in [0, 0.05) is 22.5 Å². The zero-order chi connectivity index (χ0) is 19.5. The maximum atomic E-state index is 12.3. The number of H-pyrrole nitrogens is 1. The van der Waals surface area contributed by atoms with Crippen molar-refractivity contribution in [3.05, 3.63) is 30.0 Å². The van der Waals surface area contributed by atoms with Gasteiger partial charge in [0.1, 0.15) is 11.8 Å². The lowest BCUT2D eigenvalue weighted by Crippen LogP contribution is -2.48. The average molecular weight is 362 g/mol. The second-order valence-electron chi connectivity index (χ2n) is 6.95. The third-order valence-electron chi connectivity index (χ3n) is 4.63. The van der Waals surface area contributed by atoms with E-state index in [0.29, 0.717) is 6.42 Å². The number of ether oxygens (including phenoxy) is 2. The summed E-state index contributed by atoms with van der Waals surface area (Å²) in [5.74, 6) is -1.17. The first-order chi connectivity index (χ1) is 12.2. The Morgan fingerprint density at radius 2 is 2.04 bits per heavy atom. The number of nitrogens with two attached hydrogens (primary N) is 1. The Morgan fingerprint density at radius 3 is 2.69 bits per heavy atom. The molecule has 0 amide bonds. The fraction of sp³-hybridized carbons (Fsp3) is 0.474. The maximum Gasteiger partial charge on any atom is 0.344 e. The Kier molecular flexibility index (Phi) is 5.92. The molecule has 2 rings (SSSR count). The van der Waals surface area contributed by atoms with E-state index in [9.17, 15) is 14.7 Å². The highest BCUT2D eigenvalue weighted by Crippen LogP contribution is 2.34. The Morgan fingerprint density at radius 1 is 1.35 bits per heavy atom. The van der Waals surface area contributed by atoms with Crippen LogP contribution in [0.4, 0.5) is 0 Å². The third-order valence-corrected chi connectivity index (χ3v) is 4.63. The normalized spacial score (nSPS) is 14.0. The Bertz CT molecular complexity index is 796. The van der Waals surface area contributed by atoms with E-state index in [4.69, 9.17) is 15.2 Å². The number of fused-ring (bicyclic) bond motifs is 1. The van der Waals surface area contributed by atoms with Gasteiger partial charge in [-0.3, -0.25) is 4.79 Å². The molecule has 1 heterocycles. The van der Waals surface area contributed by atoms with E-state index >= 15 is 0 Å². The number of hydrogen-bond donors (Lipinski definition) is 3. The zero-order valence-electron chi connectivity index (χ0n) is 15.5. The van der Waals surface area contributed by atoms with Gasteiger partial charge in [-0.1, -0.05) is 20.8 Å². The summed E-state index contributed by atoms with van der Waals surface area (Å²) < 4.78 is 10.1. The van der Waals surface area contributed by atoms with E-state index in [1.165, 1.54) is 0 Å². The van der Waals surface area contributed by atoms with Crippen LogP contribution in [0.3, 0.4) is 0 Å². The molecule has 26 heavy (non-hydrogen) atoms. The monoisotopic (exact) mass is 362 g/mol. The first-order valence-corrected chi connectivity index (χ1v) is 8.59. The molecule has 2 atom stereocenters. The summed E-state index contributed by atoms with van der Waals surface area (Å²) in [5.41, 5.74) is 6.93. The lowest BCUT2D eigenvalue weighted by molar-refractivity contribution is -0.163. The number of aromatic amines is 1. The number of aromatic hydroxyl groups is 1. The molecule has 0 radical (unpaired) electrons. The number of aromatic nitrogens is 1. The molecule has 7 nitrogen and oxygen atoms in total. The number of benzene rings is 1. The third kappa shape index (κ3) is 4.16. The molecule has 0 fully saturated rings. The first-order valence-electron chi connectivity index (χ1n) is 8.59. The van der Waals surface area contributed by atoms with E-state index in [1.807, 2.05) is 20.8 Å². The molecule has 0 spiro atoms. The first kappa shape index (κ1) is 19.8. The average Bonchev–Trinajstić information content (AvgIpc) is 3.02. The standard InChI is InChI=1S/C19H26N2O5/c1-5-11(2)26-16(23)10-25-18(24)17(20)19(3,4)14-9-21-15-7-6-12(22)8-13(14)15/h6-9,11,17,21-22H,5,10,20H2,1-4H3. The van der Waals surface area contributed by atoms with Gasteiger partial charge in [-0.2, -0.15) is 0 Å². The van der Waals surface area contributed by atoms with Gasteiger partial charge in [0.2, 0.25) is 0 Å². The van der Waals surface area contributed by atoms with E-state index in [1.54, 1.807) is 31.3 Å². The largest absolute Gasteiger partial charge is 0.508 e. The van der Waals surface area contributed by atoms with Gasteiger partial charge in [-0.25, -0.2) is 4.79 Å². The molecular formula is C19H26N2O5. The van der Waals surface area contributed by atoms with Gasteiger partial charge in [-0.05, 0) is 37.1 Å². The van der Waals surface area contributed by atoms with Crippen molar-refractivity contribution in [3.8, 4) is 5.75 Å². The van der Waals surface area contributed by atoms with Crippen LogP contribution in [0, 0.1) is 0 Å². The molecule has 0 aliphatic carbocycles. The van der Waals surface area contributed by atoms with Crippen molar-refractivity contribution < 1.29 is 24.2 Å². The summed E-state index contributed by atoms with van der Waals surface area (Å²) in [6.07, 6.45) is 2.21. The number of nitrogens with one attached hydrogen (secondary N) is 1. The fourth-order valence-electron chi connectivity index (χ4n) is 2.67. The molecule has 0 aliphatic rings. The van der Waals surface area contributed by atoms with Crippen LogP contribution in [0.25, 0.3) is 10.9 Å². The van der Waals surface area contributed by atoms with Crippen LogP contribution in [-0.2, 0) is 24.5 Å². The summed E-state index contributed by atoms with van der Waals surface area (Å²) in [7, 11) is 0. The van der Waals surface area contributed by atoms with E-state index < -0.39 is 30.0 Å². The Labute approximate surface area is 152 Å². The van der Waals surface area contributed by atoms with Crippen LogP contribution < -0.4 is 5.73 Å². The Balaban J connectivity index is 2.11. The fourth-order valence-corrected chi connectivity index (χ4v) is 2.67. The number of phenols is 1. The lowest BCUT2D eigenvalue weighted by Gasteiger charge is -2.29. The van der Waals surface area contributed by atoms with Crippen molar-refractivity contribution >= 4 is 22.8 Å². The summed E-state index contributed by atoms with van der Waals surface area (Å²) in [6.45, 7) is 6.80. The molecule has 1 aromatic heterocycles. The second kappa shape index (κ2) is 7.78. The molecule has 0 bridgehead atoms. The number of carbonyl (C=O) groups is 2. The minimum absolute atomic E-state index is 0.123. The van der Waals surface area contributed by atoms with E-state index in [2.05, 4.69) is 4.98 Å². The summed E-state index contributed by atoms with van der Waals surface area (Å²) in [4.78, 5) is 27.1. The summed E-state index contributed by atoms with van der Waals surface area (Å²) in [6, 6.07) is 3.94. The molecule has 2 unspecified atom stereocenters.